The Balaban J connectivity index is 1.55. The van der Waals surface area contributed by atoms with Crippen molar-refractivity contribution in [1.82, 2.24) is 5.43 Å². The van der Waals surface area contributed by atoms with Crippen LogP contribution < -0.4 is 15.5 Å². The zero-order valence-corrected chi connectivity index (χ0v) is 20.0. The van der Waals surface area contributed by atoms with E-state index in [9.17, 15) is 29.8 Å². The zero-order valence-electron chi connectivity index (χ0n) is 20.0. The highest BCUT2D eigenvalue weighted by Gasteiger charge is 2.21. The number of aryl methyl sites for hydroxylation is 1. The first-order valence-electron chi connectivity index (χ1n) is 11.0. The Morgan fingerprint density at radius 1 is 0.946 bits per heavy atom. The number of hydrogen-bond donors (Lipinski definition) is 2. The number of rotatable bonds is 10. The van der Waals surface area contributed by atoms with Gasteiger partial charge in [-0.25, -0.2) is 5.43 Å². The molecule has 0 heterocycles. The summed E-state index contributed by atoms with van der Waals surface area (Å²) in [5.74, 6) is -0.702. The third-order valence-electron chi connectivity index (χ3n) is 5.30. The second kappa shape index (κ2) is 12.0. The quantitative estimate of drug-likeness (QED) is 0.227. The van der Waals surface area contributed by atoms with Crippen LogP contribution in [-0.2, 0) is 9.59 Å². The number of nitro groups is 2. The van der Waals surface area contributed by atoms with Gasteiger partial charge in [0.2, 0.25) is 17.6 Å². The molecule has 3 aromatic carbocycles. The fourth-order valence-corrected chi connectivity index (χ4v) is 3.19. The van der Waals surface area contributed by atoms with Crippen LogP contribution in [0.2, 0.25) is 0 Å². The predicted molar refractivity (Wildman–Crippen MR) is 136 cm³/mol. The molecule has 2 N–H and O–H groups in total. The summed E-state index contributed by atoms with van der Waals surface area (Å²) in [5.41, 5.74) is 4.56. The van der Waals surface area contributed by atoms with Crippen molar-refractivity contribution < 1.29 is 24.2 Å². The molecule has 0 radical (unpaired) electrons. The van der Waals surface area contributed by atoms with Crippen molar-refractivity contribution in [3.05, 3.63) is 97.6 Å². The second-order valence-electron chi connectivity index (χ2n) is 7.93. The minimum absolute atomic E-state index is 0.0217. The number of ether oxygens (including phenoxy) is 1. The fourth-order valence-electron chi connectivity index (χ4n) is 3.19. The first-order valence-corrected chi connectivity index (χ1v) is 11.0. The highest BCUT2D eigenvalue weighted by Crippen LogP contribution is 2.34. The maximum atomic E-state index is 12.2. The van der Waals surface area contributed by atoms with Gasteiger partial charge in [-0.05, 0) is 54.8 Å². The Bertz CT molecular complexity index is 1390. The third-order valence-corrected chi connectivity index (χ3v) is 5.30. The molecule has 0 unspecified atom stereocenters. The molecular weight excluding hydrogens is 482 g/mol. The molecule has 0 aliphatic rings. The van der Waals surface area contributed by atoms with Gasteiger partial charge in [0.15, 0.2) is 0 Å². The molecular formula is C25H23N5O7. The number of benzene rings is 3. The van der Waals surface area contributed by atoms with E-state index in [0.29, 0.717) is 11.3 Å². The first-order chi connectivity index (χ1) is 17.6. The van der Waals surface area contributed by atoms with Crippen LogP contribution in [0.3, 0.4) is 0 Å². The van der Waals surface area contributed by atoms with E-state index in [4.69, 9.17) is 4.74 Å². The van der Waals surface area contributed by atoms with Crippen LogP contribution in [0.15, 0.2) is 65.8 Å². The molecule has 0 aliphatic heterocycles. The van der Waals surface area contributed by atoms with Gasteiger partial charge < -0.3 is 10.1 Å². The van der Waals surface area contributed by atoms with Crippen LogP contribution >= 0.6 is 0 Å². The Kier molecular flexibility index (Phi) is 8.60. The van der Waals surface area contributed by atoms with Crippen molar-refractivity contribution in [2.75, 3.05) is 5.32 Å². The molecule has 2 amide bonds. The number of carbonyl (C=O) groups is 2. The van der Waals surface area contributed by atoms with Gasteiger partial charge in [0.05, 0.1) is 22.1 Å². The molecule has 12 heteroatoms. The molecule has 0 saturated carbocycles. The van der Waals surface area contributed by atoms with E-state index in [0.717, 1.165) is 29.3 Å². The van der Waals surface area contributed by atoms with Crippen LogP contribution in [0.4, 0.5) is 17.1 Å². The van der Waals surface area contributed by atoms with Gasteiger partial charge in [-0.3, -0.25) is 29.8 Å². The maximum Gasteiger partial charge on any atom is 0.318 e. The van der Waals surface area contributed by atoms with E-state index in [1.54, 1.807) is 18.2 Å². The Labute approximate surface area is 211 Å². The molecule has 12 nitrogen and oxygen atoms in total. The zero-order chi connectivity index (χ0) is 26.9. The largest absolute Gasteiger partial charge is 0.450 e. The summed E-state index contributed by atoms with van der Waals surface area (Å²) in [6.07, 6.45) is 1.25. The molecule has 0 saturated heterocycles. The number of nitrogens with zero attached hydrogens (tertiary/aromatic N) is 3. The second-order valence-corrected chi connectivity index (χ2v) is 7.93. The third kappa shape index (κ3) is 7.42. The van der Waals surface area contributed by atoms with E-state index >= 15 is 0 Å². The van der Waals surface area contributed by atoms with Crippen LogP contribution in [0.5, 0.6) is 11.5 Å². The summed E-state index contributed by atoms with van der Waals surface area (Å²) in [4.78, 5) is 44.9. The number of anilines is 1. The molecule has 0 aromatic heterocycles. The first kappa shape index (κ1) is 26.5. The molecule has 0 fully saturated rings. The van der Waals surface area contributed by atoms with Gasteiger partial charge >= 0.3 is 5.69 Å². The summed E-state index contributed by atoms with van der Waals surface area (Å²) in [7, 11) is 0. The lowest BCUT2D eigenvalue weighted by Gasteiger charge is -2.10. The minimum atomic E-state index is -0.772. The normalized spacial score (nSPS) is 10.6. The van der Waals surface area contributed by atoms with Crippen LogP contribution in [0, 0.1) is 34.1 Å². The number of non-ortho nitro benzene ring substituents is 1. The van der Waals surface area contributed by atoms with Crippen molar-refractivity contribution in [3.63, 3.8) is 0 Å². The molecule has 0 atom stereocenters. The van der Waals surface area contributed by atoms with Crippen molar-refractivity contribution in [2.45, 2.75) is 26.7 Å². The number of hydrogen-bond acceptors (Lipinski definition) is 8. The summed E-state index contributed by atoms with van der Waals surface area (Å²) in [5, 5.41) is 28.8. The average Bonchev–Trinajstić information content (AvgIpc) is 2.86. The highest BCUT2D eigenvalue weighted by atomic mass is 16.6. The van der Waals surface area contributed by atoms with Gasteiger partial charge in [0, 0.05) is 24.6 Å². The Morgan fingerprint density at radius 2 is 1.68 bits per heavy atom. The Hall–Kier alpha value is -5.13. The summed E-state index contributed by atoms with van der Waals surface area (Å²) < 4.78 is 5.55. The number of nitrogens with one attached hydrogen (secondary N) is 2. The van der Waals surface area contributed by atoms with Crippen molar-refractivity contribution >= 4 is 35.1 Å². The molecule has 0 spiro atoms. The molecule has 0 aliphatic carbocycles. The Morgan fingerprint density at radius 3 is 2.41 bits per heavy atom. The van der Waals surface area contributed by atoms with Crippen molar-refractivity contribution in [1.29, 1.82) is 0 Å². The van der Waals surface area contributed by atoms with Gasteiger partial charge in [-0.1, -0.05) is 24.3 Å². The van der Waals surface area contributed by atoms with E-state index in [-0.39, 0.29) is 30.2 Å². The van der Waals surface area contributed by atoms with Crippen molar-refractivity contribution in [2.24, 2.45) is 5.10 Å². The van der Waals surface area contributed by atoms with E-state index in [1.165, 1.54) is 18.3 Å². The standard InChI is InChI=1S/C25H23N5O7/c1-16-5-3-8-21(17(16)2)27-24(31)11-12-25(32)28-26-15-18-6-4-7-20(13-18)37-23-10-9-19(29(33)34)14-22(23)30(35)36/h3-10,13-15H,11-12H2,1-2H3,(H,27,31)(H,28,32). The smallest absolute Gasteiger partial charge is 0.318 e. The van der Waals surface area contributed by atoms with E-state index in [1.807, 2.05) is 26.0 Å². The van der Waals surface area contributed by atoms with Crippen LogP contribution in [-0.4, -0.2) is 27.9 Å². The van der Waals surface area contributed by atoms with Crippen LogP contribution in [0.25, 0.3) is 0 Å². The number of amides is 2. The lowest BCUT2D eigenvalue weighted by molar-refractivity contribution is -0.394. The molecule has 3 aromatic rings. The lowest BCUT2D eigenvalue weighted by Crippen LogP contribution is -2.21. The highest BCUT2D eigenvalue weighted by molar-refractivity contribution is 5.94. The maximum absolute atomic E-state index is 12.2. The summed E-state index contributed by atoms with van der Waals surface area (Å²) >= 11 is 0. The fraction of sp³-hybridized carbons (Fsp3) is 0.160. The average molecular weight is 505 g/mol. The number of hydrazone groups is 1. The SMILES string of the molecule is Cc1cccc(NC(=O)CCC(=O)NN=Cc2cccc(Oc3ccc([N+](=O)[O-])cc3[N+](=O)[O-])c2)c1C. The van der Waals surface area contributed by atoms with Gasteiger partial charge in [-0.2, -0.15) is 5.10 Å². The van der Waals surface area contributed by atoms with E-state index < -0.39 is 27.1 Å². The predicted octanol–water partition coefficient (Wildman–Crippen LogP) is 4.78. The van der Waals surface area contributed by atoms with Crippen molar-refractivity contribution in [3.8, 4) is 11.5 Å². The monoisotopic (exact) mass is 505 g/mol. The minimum Gasteiger partial charge on any atom is -0.450 e. The van der Waals surface area contributed by atoms with Gasteiger partial charge in [0.1, 0.15) is 5.75 Å². The van der Waals surface area contributed by atoms with E-state index in [2.05, 4.69) is 15.8 Å². The lowest BCUT2D eigenvalue weighted by atomic mass is 10.1. The topological polar surface area (TPSA) is 166 Å². The molecule has 190 valence electrons. The summed E-state index contributed by atoms with van der Waals surface area (Å²) in [6.45, 7) is 3.84. The van der Waals surface area contributed by atoms with Gasteiger partial charge in [-0.15, -0.1) is 0 Å². The molecule has 0 bridgehead atoms. The van der Waals surface area contributed by atoms with Gasteiger partial charge in [0.25, 0.3) is 5.69 Å². The van der Waals surface area contributed by atoms with Crippen LogP contribution in [0.1, 0.15) is 29.5 Å². The molecule has 37 heavy (non-hydrogen) atoms. The number of carbonyl (C=O) groups excluding carboxylic acids is 2. The number of nitro benzene ring substituents is 2. The summed E-state index contributed by atoms with van der Waals surface area (Å²) in [6, 6.07) is 15.0. The molecule has 3 rings (SSSR count).